The van der Waals surface area contributed by atoms with Crippen molar-refractivity contribution in [2.45, 2.75) is 0 Å². The average Bonchev–Trinajstić information content (AvgIpc) is 2.56. The quantitative estimate of drug-likeness (QED) is 0.624. The summed E-state index contributed by atoms with van der Waals surface area (Å²) in [6.07, 6.45) is 0. The molecule has 2 aromatic rings. The van der Waals surface area contributed by atoms with E-state index < -0.39 is 5.97 Å². The number of esters is 1. The van der Waals surface area contributed by atoms with Crippen molar-refractivity contribution in [1.29, 1.82) is 0 Å². The summed E-state index contributed by atoms with van der Waals surface area (Å²) in [6.45, 7) is 0. The highest BCUT2D eigenvalue weighted by Gasteiger charge is 2.12. The molecule has 0 saturated carbocycles. The minimum Gasteiger partial charge on any atom is -0.465 e. The van der Waals surface area contributed by atoms with Crippen LogP contribution in [0, 0.1) is 0 Å². The fourth-order valence-electron chi connectivity index (χ4n) is 1.31. The van der Waals surface area contributed by atoms with Crippen LogP contribution in [0.5, 0.6) is 0 Å². The molecule has 5 nitrogen and oxygen atoms in total. The van der Waals surface area contributed by atoms with E-state index in [2.05, 4.69) is 14.9 Å². The largest absolute Gasteiger partial charge is 0.465 e. The van der Waals surface area contributed by atoms with Crippen LogP contribution >= 0.6 is 0 Å². The van der Waals surface area contributed by atoms with Crippen molar-refractivity contribution in [2.75, 3.05) is 7.11 Å². The lowest BCUT2D eigenvalue weighted by Crippen LogP contribution is -2.02. The third kappa shape index (κ3) is 1.22. The molecule has 0 atom stereocenters. The number of aromatic nitrogens is 3. The molecule has 1 heterocycles. The van der Waals surface area contributed by atoms with Gasteiger partial charge in [-0.05, 0) is 12.1 Å². The molecule has 5 heteroatoms. The maximum Gasteiger partial charge on any atom is 0.340 e. The number of rotatable bonds is 1. The lowest BCUT2D eigenvalue weighted by molar-refractivity contribution is 0.0602. The Labute approximate surface area is 80.3 Å². The maximum atomic E-state index is 11.3. The van der Waals surface area contributed by atoms with Gasteiger partial charge in [0.1, 0.15) is 11.0 Å². The second kappa shape index (κ2) is 3.10. The average molecular weight is 191 g/mol. The van der Waals surface area contributed by atoms with E-state index in [-0.39, 0.29) is 0 Å². The second-order valence-corrected chi connectivity index (χ2v) is 2.85. The first kappa shape index (κ1) is 8.68. The summed E-state index contributed by atoms with van der Waals surface area (Å²) in [6, 6.07) is 5.22. The molecule has 72 valence electrons. The zero-order valence-electron chi connectivity index (χ0n) is 7.89. The number of nitrogens with zero attached hydrogens (tertiary/aromatic N) is 3. The number of hydrogen-bond donors (Lipinski definition) is 0. The third-order valence-corrected chi connectivity index (χ3v) is 1.92. The Hall–Kier alpha value is -1.91. The summed E-state index contributed by atoms with van der Waals surface area (Å²) >= 11 is 0. The van der Waals surface area contributed by atoms with E-state index >= 15 is 0 Å². The van der Waals surface area contributed by atoms with Crippen LogP contribution in [0.2, 0.25) is 0 Å². The third-order valence-electron chi connectivity index (χ3n) is 1.92. The Bertz CT molecular complexity index is 490. The monoisotopic (exact) mass is 191 g/mol. The number of carbonyl (C=O) groups is 1. The van der Waals surface area contributed by atoms with Gasteiger partial charge >= 0.3 is 5.97 Å². The first-order chi connectivity index (χ1) is 6.72. The summed E-state index contributed by atoms with van der Waals surface area (Å²) in [4.78, 5) is 12.8. The molecule has 1 aromatic heterocycles. The van der Waals surface area contributed by atoms with E-state index in [0.717, 1.165) is 0 Å². The summed E-state index contributed by atoms with van der Waals surface area (Å²) in [5, 5.41) is 8.18. The molecule has 0 saturated heterocycles. The van der Waals surface area contributed by atoms with E-state index in [9.17, 15) is 4.79 Å². The smallest absolute Gasteiger partial charge is 0.340 e. The van der Waals surface area contributed by atoms with E-state index in [1.807, 2.05) is 0 Å². The van der Waals surface area contributed by atoms with Crippen molar-refractivity contribution in [3.05, 3.63) is 23.8 Å². The highest BCUT2D eigenvalue weighted by molar-refractivity contribution is 6.01. The maximum absolute atomic E-state index is 11.3. The molecule has 0 unspecified atom stereocenters. The van der Waals surface area contributed by atoms with Gasteiger partial charge in [0.25, 0.3) is 0 Å². The molecular formula is C9H9N3O2. The number of fused-ring (bicyclic) bond motifs is 1. The molecule has 14 heavy (non-hydrogen) atoms. The molecule has 0 radical (unpaired) electrons. The number of methoxy groups -OCH3 is 1. The van der Waals surface area contributed by atoms with Crippen molar-refractivity contribution in [3.63, 3.8) is 0 Å². The van der Waals surface area contributed by atoms with Gasteiger partial charge in [-0.2, -0.15) is 15.0 Å². The lowest BCUT2D eigenvalue weighted by Gasteiger charge is -1.97. The van der Waals surface area contributed by atoms with Gasteiger partial charge in [-0.3, -0.25) is 0 Å². The Morgan fingerprint density at radius 1 is 1.43 bits per heavy atom. The minimum atomic E-state index is -0.392. The molecule has 2 rings (SSSR count). The predicted molar refractivity (Wildman–Crippen MR) is 49.8 cm³/mol. The van der Waals surface area contributed by atoms with Gasteiger partial charge in [-0.15, -0.1) is 0 Å². The van der Waals surface area contributed by atoms with Crippen molar-refractivity contribution < 1.29 is 9.53 Å². The number of ether oxygens (including phenoxy) is 1. The highest BCUT2D eigenvalue weighted by atomic mass is 16.5. The summed E-state index contributed by atoms with van der Waals surface area (Å²) in [5.74, 6) is -0.392. The molecule has 0 aliphatic rings. The van der Waals surface area contributed by atoms with Gasteiger partial charge in [0.15, 0.2) is 0 Å². The van der Waals surface area contributed by atoms with Crippen molar-refractivity contribution in [3.8, 4) is 0 Å². The van der Waals surface area contributed by atoms with Gasteiger partial charge in [-0.25, -0.2) is 4.79 Å². The summed E-state index contributed by atoms with van der Waals surface area (Å²) in [7, 11) is 3.05. The van der Waals surface area contributed by atoms with E-state index in [1.54, 1.807) is 25.2 Å². The molecule has 0 fully saturated rings. The Kier molecular flexibility index (Phi) is 1.92. The standard InChI is InChI=1S/C9H9N3O2/c1-12-10-7-5-3-4-6(8(7)11-12)9(13)14-2/h3-5H,1-2H3. The molecule has 0 aliphatic heterocycles. The number of aryl methyl sites for hydroxylation is 1. The zero-order chi connectivity index (χ0) is 10.1. The first-order valence-electron chi connectivity index (χ1n) is 4.10. The van der Waals surface area contributed by atoms with Crippen LogP contribution in [0.4, 0.5) is 0 Å². The van der Waals surface area contributed by atoms with Crippen LogP contribution in [0.25, 0.3) is 11.0 Å². The van der Waals surface area contributed by atoms with Gasteiger partial charge in [0.2, 0.25) is 0 Å². The zero-order valence-corrected chi connectivity index (χ0v) is 7.89. The SMILES string of the molecule is COC(=O)c1cccc2nn(C)nc12. The van der Waals surface area contributed by atoms with Gasteiger partial charge in [0, 0.05) is 7.05 Å². The fourth-order valence-corrected chi connectivity index (χ4v) is 1.31. The normalized spacial score (nSPS) is 10.4. The van der Waals surface area contributed by atoms with Crippen LogP contribution < -0.4 is 0 Å². The van der Waals surface area contributed by atoms with Gasteiger partial charge in [0.05, 0.1) is 12.7 Å². The lowest BCUT2D eigenvalue weighted by atomic mass is 10.2. The van der Waals surface area contributed by atoms with Crippen LogP contribution in [0.1, 0.15) is 10.4 Å². The highest BCUT2D eigenvalue weighted by Crippen LogP contribution is 2.14. The molecular weight excluding hydrogens is 182 g/mol. The van der Waals surface area contributed by atoms with Crippen molar-refractivity contribution in [2.24, 2.45) is 7.05 Å². The van der Waals surface area contributed by atoms with E-state index in [4.69, 9.17) is 0 Å². The van der Waals surface area contributed by atoms with Crippen LogP contribution in [-0.2, 0) is 11.8 Å². The van der Waals surface area contributed by atoms with Crippen LogP contribution in [0.15, 0.2) is 18.2 Å². The van der Waals surface area contributed by atoms with Crippen molar-refractivity contribution >= 4 is 17.0 Å². The molecule has 0 aliphatic carbocycles. The molecule has 0 amide bonds. The molecule has 0 bridgehead atoms. The summed E-state index contributed by atoms with van der Waals surface area (Å²) in [5.41, 5.74) is 1.70. The Morgan fingerprint density at radius 3 is 2.93 bits per heavy atom. The number of hydrogen-bond acceptors (Lipinski definition) is 4. The van der Waals surface area contributed by atoms with Crippen LogP contribution in [-0.4, -0.2) is 28.1 Å². The van der Waals surface area contributed by atoms with Crippen molar-refractivity contribution in [1.82, 2.24) is 15.0 Å². The Balaban J connectivity index is 2.70. The first-order valence-corrected chi connectivity index (χ1v) is 4.10. The topological polar surface area (TPSA) is 57.0 Å². The fraction of sp³-hybridized carbons (Fsp3) is 0.222. The predicted octanol–water partition coefficient (Wildman–Crippen LogP) is 0.755. The van der Waals surface area contributed by atoms with Gasteiger partial charge in [-0.1, -0.05) is 6.07 Å². The minimum absolute atomic E-state index is 0.392. The van der Waals surface area contributed by atoms with E-state index in [1.165, 1.54) is 11.9 Å². The van der Waals surface area contributed by atoms with Gasteiger partial charge < -0.3 is 4.74 Å². The Morgan fingerprint density at radius 2 is 2.21 bits per heavy atom. The van der Waals surface area contributed by atoms with E-state index in [0.29, 0.717) is 16.6 Å². The molecule has 0 spiro atoms. The summed E-state index contributed by atoms with van der Waals surface area (Å²) < 4.78 is 4.64. The molecule has 1 aromatic carbocycles. The number of benzene rings is 1. The second-order valence-electron chi connectivity index (χ2n) is 2.85. The van der Waals surface area contributed by atoms with Crippen LogP contribution in [0.3, 0.4) is 0 Å². The molecule has 0 N–H and O–H groups in total. The number of carbonyl (C=O) groups excluding carboxylic acids is 1.